The van der Waals surface area contributed by atoms with E-state index < -0.39 is 23.9 Å². The van der Waals surface area contributed by atoms with Gasteiger partial charge < -0.3 is 19.9 Å². The Kier molecular flexibility index (Phi) is 5.87. The van der Waals surface area contributed by atoms with E-state index in [-0.39, 0.29) is 24.3 Å². The van der Waals surface area contributed by atoms with Crippen molar-refractivity contribution in [3.05, 3.63) is 53.3 Å². The lowest BCUT2D eigenvalue weighted by molar-refractivity contribution is -0.120. The number of nitrogens with zero attached hydrogens (tertiary/aromatic N) is 1. The fourth-order valence-corrected chi connectivity index (χ4v) is 3.44. The summed E-state index contributed by atoms with van der Waals surface area (Å²) < 4.78 is 25.4. The van der Waals surface area contributed by atoms with Crippen LogP contribution in [-0.4, -0.2) is 42.3 Å². The van der Waals surface area contributed by atoms with E-state index in [1.165, 1.54) is 13.2 Å². The maximum atomic E-state index is 14.5. The Labute approximate surface area is 174 Å². The zero-order chi connectivity index (χ0) is 22.1. The topological polar surface area (TPSA) is 88.1 Å². The Morgan fingerprint density at radius 3 is 2.57 bits per heavy atom. The lowest BCUT2D eigenvalue weighted by atomic mass is 9.86. The third kappa shape index (κ3) is 4.32. The normalized spacial score (nSPS) is 16.2. The van der Waals surface area contributed by atoms with Gasteiger partial charge in [0.15, 0.2) is 0 Å². The SMILES string of the molecule is COc1ccc2c(c1)OCCN(C(=O)O)C2C(=O)Nc1ccc(C(C)(C)C)c(F)c1. The monoisotopic (exact) mass is 416 g/mol. The molecule has 0 saturated carbocycles. The van der Waals surface area contributed by atoms with Crippen molar-refractivity contribution in [2.45, 2.75) is 32.2 Å². The number of anilines is 1. The molecule has 0 aliphatic carbocycles. The van der Waals surface area contributed by atoms with E-state index in [1.807, 2.05) is 20.8 Å². The van der Waals surface area contributed by atoms with Crippen molar-refractivity contribution in [2.24, 2.45) is 0 Å². The minimum atomic E-state index is -1.25. The van der Waals surface area contributed by atoms with Crippen molar-refractivity contribution >= 4 is 17.7 Å². The predicted molar refractivity (Wildman–Crippen MR) is 110 cm³/mol. The van der Waals surface area contributed by atoms with Gasteiger partial charge in [-0.1, -0.05) is 26.8 Å². The van der Waals surface area contributed by atoms with Crippen LogP contribution in [-0.2, 0) is 10.2 Å². The zero-order valence-corrected chi connectivity index (χ0v) is 17.4. The van der Waals surface area contributed by atoms with Crippen LogP contribution in [0.5, 0.6) is 11.5 Å². The fraction of sp³-hybridized carbons (Fsp3) is 0.364. The molecule has 2 aromatic carbocycles. The molecular formula is C22H25FN2O5. The van der Waals surface area contributed by atoms with Gasteiger partial charge in [-0.25, -0.2) is 9.18 Å². The molecule has 2 N–H and O–H groups in total. The highest BCUT2D eigenvalue weighted by molar-refractivity contribution is 5.97. The average molecular weight is 416 g/mol. The number of hydrogen-bond acceptors (Lipinski definition) is 4. The fourth-order valence-electron chi connectivity index (χ4n) is 3.44. The maximum absolute atomic E-state index is 14.5. The molecular weight excluding hydrogens is 391 g/mol. The van der Waals surface area contributed by atoms with Crippen molar-refractivity contribution in [2.75, 3.05) is 25.6 Å². The summed E-state index contributed by atoms with van der Waals surface area (Å²) in [5, 5.41) is 12.3. The summed E-state index contributed by atoms with van der Waals surface area (Å²) >= 11 is 0. The number of amides is 2. The van der Waals surface area contributed by atoms with Crippen LogP contribution < -0.4 is 14.8 Å². The van der Waals surface area contributed by atoms with Crippen molar-refractivity contribution in [1.82, 2.24) is 4.90 Å². The molecule has 3 rings (SSSR count). The quantitative estimate of drug-likeness (QED) is 0.784. The summed E-state index contributed by atoms with van der Waals surface area (Å²) in [6.07, 6.45) is -1.25. The first-order valence-corrected chi connectivity index (χ1v) is 9.53. The Bertz CT molecular complexity index is 970. The molecule has 1 aliphatic heterocycles. The van der Waals surface area contributed by atoms with E-state index in [9.17, 15) is 19.1 Å². The molecule has 8 heteroatoms. The van der Waals surface area contributed by atoms with Crippen LogP contribution in [0, 0.1) is 5.82 Å². The summed E-state index contributed by atoms with van der Waals surface area (Å²) in [6, 6.07) is 8.15. The predicted octanol–water partition coefficient (Wildman–Crippen LogP) is 4.18. The summed E-state index contributed by atoms with van der Waals surface area (Å²) in [5.41, 5.74) is 0.771. The maximum Gasteiger partial charge on any atom is 0.408 e. The number of carbonyl (C=O) groups excluding carboxylic acids is 1. The van der Waals surface area contributed by atoms with Crippen LogP contribution in [0.3, 0.4) is 0 Å². The van der Waals surface area contributed by atoms with Gasteiger partial charge in [0.1, 0.15) is 30.0 Å². The molecule has 1 heterocycles. The number of fused-ring (bicyclic) bond motifs is 1. The molecule has 2 aromatic rings. The van der Waals surface area contributed by atoms with E-state index >= 15 is 0 Å². The Hall–Kier alpha value is -3.29. The molecule has 30 heavy (non-hydrogen) atoms. The first kappa shape index (κ1) is 21.4. The number of hydrogen-bond donors (Lipinski definition) is 2. The van der Waals surface area contributed by atoms with E-state index in [0.717, 1.165) is 4.90 Å². The standard InChI is InChI=1S/C22H25FN2O5/c1-22(2,3)16-8-5-13(11-17(16)23)24-20(26)19-15-7-6-14(29-4)12-18(15)30-10-9-25(19)21(27)28/h5-8,11-12,19H,9-10H2,1-4H3,(H,24,26)(H,27,28). The van der Waals surface area contributed by atoms with Crippen LogP contribution in [0.15, 0.2) is 36.4 Å². The molecule has 0 fully saturated rings. The van der Waals surface area contributed by atoms with Crippen molar-refractivity contribution < 1.29 is 28.6 Å². The number of ether oxygens (including phenoxy) is 2. The molecule has 7 nitrogen and oxygen atoms in total. The summed E-state index contributed by atoms with van der Waals surface area (Å²) in [7, 11) is 1.50. The van der Waals surface area contributed by atoms with Crippen molar-refractivity contribution in [1.29, 1.82) is 0 Å². The first-order valence-electron chi connectivity index (χ1n) is 9.53. The summed E-state index contributed by atoms with van der Waals surface area (Å²) in [5.74, 6) is -0.147. The number of carbonyl (C=O) groups is 2. The lowest BCUT2D eigenvalue weighted by Gasteiger charge is -2.27. The van der Waals surface area contributed by atoms with Crippen LogP contribution >= 0.6 is 0 Å². The third-order valence-electron chi connectivity index (χ3n) is 4.96. The second-order valence-corrected chi connectivity index (χ2v) is 8.06. The van der Waals surface area contributed by atoms with E-state index in [4.69, 9.17) is 9.47 Å². The number of halogens is 1. The minimum Gasteiger partial charge on any atom is -0.497 e. The summed E-state index contributed by atoms with van der Waals surface area (Å²) in [4.78, 5) is 25.9. The minimum absolute atomic E-state index is 0.00172. The first-order chi connectivity index (χ1) is 14.1. The molecule has 1 aliphatic rings. The average Bonchev–Trinajstić information content (AvgIpc) is 2.85. The second kappa shape index (κ2) is 8.22. The van der Waals surface area contributed by atoms with E-state index in [1.54, 1.807) is 30.3 Å². The molecule has 160 valence electrons. The number of methoxy groups -OCH3 is 1. The van der Waals surface area contributed by atoms with Gasteiger partial charge in [0.25, 0.3) is 5.91 Å². The lowest BCUT2D eigenvalue weighted by Crippen LogP contribution is -2.41. The number of benzene rings is 2. The highest BCUT2D eigenvalue weighted by atomic mass is 19.1. The van der Waals surface area contributed by atoms with Gasteiger partial charge >= 0.3 is 6.09 Å². The second-order valence-electron chi connectivity index (χ2n) is 8.06. The van der Waals surface area contributed by atoms with Gasteiger partial charge in [0, 0.05) is 17.3 Å². The number of rotatable bonds is 3. The Morgan fingerprint density at radius 2 is 1.97 bits per heavy atom. The van der Waals surface area contributed by atoms with Crippen molar-refractivity contribution in [3.63, 3.8) is 0 Å². The van der Waals surface area contributed by atoms with E-state index in [0.29, 0.717) is 22.6 Å². The molecule has 2 amide bonds. The van der Waals surface area contributed by atoms with Crippen LogP contribution in [0.2, 0.25) is 0 Å². The van der Waals surface area contributed by atoms with Gasteiger partial charge in [0.05, 0.1) is 13.7 Å². The molecule has 1 atom stereocenters. The number of nitrogens with one attached hydrogen (secondary N) is 1. The highest BCUT2D eigenvalue weighted by Gasteiger charge is 2.36. The Balaban J connectivity index is 1.96. The largest absolute Gasteiger partial charge is 0.497 e. The number of carboxylic acid groups (broad SMARTS) is 1. The zero-order valence-electron chi connectivity index (χ0n) is 17.4. The third-order valence-corrected chi connectivity index (χ3v) is 4.96. The van der Waals surface area contributed by atoms with Crippen molar-refractivity contribution in [3.8, 4) is 11.5 Å². The van der Waals surface area contributed by atoms with Gasteiger partial charge in [-0.15, -0.1) is 0 Å². The Morgan fingerprint density at radius 1 is 1.23 bits per heavy atom. The highest BCUT2D eigenvalue weighted by Crippen LogP contribution is 2.36. The molecule has 0 spiro atoms. The van der Waals surface area contributed by atoms with Gasteiger partial charge in [-0.2, -0.15) is 0 Å². The smallest absolute Gasteiger partial charge is 0.408 e. The van der Waals surface area contributed by atoms with Crippen LogP contribution in [0.4, 0.5) is 14.9 Å². The van der Waals surface area contributed by atoms with Crippen LogP contribution in [0.1, 0.15) is 37.9 Å². The van der Waals surface area contributed by atoms with Gasteiger partial charge in [0.2, 0.25) is 0 Å². The molecule has 0 aromatic heterocycles. The molecule has 0 radical (unpaired) electrons. The molecule has 0 bridgehead atoms. The van der Waals surface area contributed by atoms with Crippen LogP contribution in [0.25, 0.3) is 0 Å². The molecule has 0 saturated heterocycles. The van der Waals surface area contributed by atoms with E-state index in [2.05, 4.69) is 5.32 Å². The van der Waals surface area contributed by atoms with Gasteiger partial charge in [-0.3, -0.25) is 9.69 Å². The summed E-state index contributed by atoms with van der Waals surface area (Å²) in [6.45, 7) is 5.77. The molecule has 1 unspecified atom stereocenters. The van der Waals surface area contributed by atoms with Gasteiger partial charge in [-0.05, 0) is 35.2 Å².